The van der Waals surface area contributed by atoms with E-state index in [0.717, 1.165) is 37.7 Å². The first-order chi connectivity index (χ1) is 12.8. The third-order valence-corrected chi connectivity index (χ3v) is 7.30. The van der Waals surface area contributed by atoms with Gasteiger partial charge in [-0.05, 0) is 67.6 Å². The van der Waals surface area contributed by atoms with Gasteiger partial charge < -0.3 is 0 Å². The van der Waals surface area contributed by atoms with Gasteiger partial charge in [0.05, 0.1) is 9.79 Å². The molecule has 1 aliphatic rings. The van der Waals surface area contributed by atoms with Crippen molar-refractivity contribution >= 4 is 25.7 Å². The summed E-state index contributed by atoms with van der Waals surface area (Å²) in [5.41, 5.74) is 1.64. The second kappa shape index (κ2) is 8.00. The Bertz CT molecular complexity index is 979. The monoisotopic (exact) mass is 408 g/mol. The number of benzene rings is 2. The van der Waals surface area contributed by atoms with Crippen molar-refractivity contribution in [3.8, 4) is 0 Å². The number of hydrogen-bond acceptors (Lipinski definition) is 4. The van der Waals surface area contributed by atoms with E-state index in [1.807, 2.05) is 12.1 Å². The van der Waals surface area contributed by atoms with Crippen LogP contribution in [0.5, 0.6) is 0 Å². The summed E-state index contributed by atoms with van der Waals surface area (Å²) in [5.74, 6) is 0. The Labute approximate surface area is 161 Å². The summed E-state index contributed by atoms with van der Waals surface area (Å²) >= 11 is 0. The number of aryl methyl sites for hydroxylation is 1. The lowest BCUT2D eigenvalue weighted by Gasteiger charge is -2.10. The fraction of sp³-hybridized carbons (Fsp3) is 0.368. The van der Waals surface area contributed by atoms with Crippen LogP contribution in [-0.4, -0.2) is 22.9 Å². The van der Waals surface area contributed by atoms with Crippen molar-refractivity contribution in [1.29, 1.82) is 0 Å². The van der Waals surface area contributed by atoms with Gasteiger partial charge in [-0.1, -0.05) is 25.5 Å². The lowest BCUT2D eigenvalue weighted by Crippen LogP contribution is -2.25. The van der Waals surface area contributed by atoms with Gasteiger partial charge in [0, 0.05) is 11.7 Å². The molecule has 0 aromatic heterocycles. The van der Waals surface area contributed by atoms with Crippen molar-refractivity contribution in [3.63, 3.8) is 0 Å². The van der Waals surface area contributed by atoms with Crippen LogP contribution in [0.15, 0.2) is 58.3 Å². The fourth-order valence-corrected chi connectivity index (χ4v) is 4.98. The summed E-state index contributed by atoms with van der Waals surface area (Å²) in [6, 6.07) is 12.5. The van der Waals surface area contributed by atoms with Gasteiger partial charge in [-0.15, -0.1) is 0 Å². The molecule has 0 unspecified atom stereocenters. The maximum Gasteiger partial charge on any atom is 0.261 e. The van der Waals surface area contributed by atoms with Gasteiger partial charge in [0.15, 0.2) is 0 Å². The fourth-order valence-electron chi connectivity index (χ4n) is 2.62. The van der Waals surface area contributed by atoms with Crippen LogP contribution >= 0.6 is 0 Å². The van der Waals surface area contributed by atoms with Crippen LogP contribution in [0, 0.1) is 0 Å². The van der Waals surface area contributed by atoms with E-state index < -0.39 is 20.0 Å². The van der Waals surface area contributed by atoms with Crippen LogP contribution in [0.4, 0.5) is 5.69 Å². The first-order valence-corrected chi connectivity index (χ1v) is 12.0. The molecule has 6 nitrogen and oxygen atoms in total. The average Bonchev–Trinajstić information content (AvgIpc) is 3.44. The minimum Gasteiger partial charge on any atom is -0.280 e. The molecule has 2 aromatic rings. The maximum absolute atomic E-state index is 12.5. The van der Waals surface area contributed by atoms with E-state index in [2.05, 4.69) is 16.4 Å². The van der Waals surface area contributed by atoms with Crippen molar-refractivity contribution in [2.45, 2.75) is 54.9 Å². The highest BCUT2D eigenvalue weighted by Crippen LogP contribution is 2.23. The van der Waals surface area contributed by atoms with Gasteiger partial charge in [0.2, 0.25) is 10.0 Å². The zero-order chi connectivity index (χ0) is 19.5. The smallest absolute Gasteiger partial charge is 0.261 e. The molecular weight excluding hydrogens is 384 g/mol. The third-order valence-electron chi connectivity index (χ3n) is 4.37. The maximum atomic E-state index is 12.5. The molecular formula is C19H24N2O4S2. The predicted octanol–water partition coefficient (Wildman–Crippen LogP) is 3.27. The molecule has 2 N–H and O–H groups in total. The molecule has 0 amide bonds. The summed E-state index contributed by atoms with van der Waals surface area (Å²) in [6.45, 7) is 2.13. The molecule has 1 saturated carbocycles. The standard InChI is InChI=1S/C19H24N2O4S2/c1-2-3-4-15-5-7-16(8-6-15)20-26(22,23)18-11-13-19(14-12-18)27(24,25)21-17-9-10-17/h5-8,11-14,17,20-21H,2-4,9-10H2,1H3. The molecule has 0 atom stereocenters. The predicted molar refractivity (Wildman–Crippen MR) is 106 cm³/mol. The Kier molecular flexibility index (Phi) is 5.88. The highest BCUT2D eigenvalue weighted by Gasteiger charge is 2.28. The third kappa shape index (κ3) is 5.31. The number of sulfonamides is 2. The lowest BCUT2D eigenvalue weighted by atomic mass is 10.1. The van der Waals surface area contributed by atoms with Crippen molar-refractivity contribution in [2.75, 3.05) is 4.72 Å². The zero-order valence-electron chi connectivity index (χ0n) is 15.2. The molecule has 0 saturated heterocycles. The summed E-state index contributed by atoms with van der Waals surface area (Å²) < 4.78 is 54.5. The Hall–Kier alpha value is -1.90. The van der Waals surface area contributed by atoms with Crippen LogP contribution < -0.4 is 9.44 Å². The summed E-state index contributed by atoms with van der Waals surface area (Å²) in [7, 11) is -7.38. The Balaban J connectivity index is 1.71. The molecule has 0 radical (unpaired) electrons. The largest absolute Gasteiger partial charge is 0.280 e. The van der Waals surface area contributed by atoms with Crippen LogP contribution in [0.1, 0.15) is 38.2 Å². The van der Waals surface area contributed by atoms with Crippen LogP contribution in [-0.2, 0) is 26.5 Å². The average molecular weight is 409 g/mol. The van der Waals surface area contributed by atoms with E-state index in [9.17, 15) is 16.8 Å². The first-order valence-electron chi connectivity index (χ1n) is 9.04. The highest BCUT2D eigenvalue weighted by molar-refractivity contribution is 7.92. The molecule has 2 aromatic carbocycles. The second-order valence-corrected chi connectivity index (χ2v) is 10.2. The van der Waals surface area contributed by atoms with Gasteiger partial charge >= 0.3 is 0 Å². The molecule has 146 valence electrons. The Morgan fingerprint density at radius 1 is 0.852 bits per heavy atom. The topological polar surface area (TPSA) is 92.3 Å². The SMILES string of the molecule is CCCCc1ccc(NS(=O)(=O)c2ccc(S(=O)(=O)NC3CC3)cc2)cc1. The quantitative estimate of drug-likeness (QED) is 0.666. The first kappa shape index (κ1) is 19.9. The minimum absolute atomic E-state index is 0.000346. The van der Waals surface area contributed by atoms with Gasteiger partial charge in [0.1, 0.15) is 0 Å². The molecule has 0 aliphatic heterocycles. The van der Waals surface area contributed by atoms with Crippen LogP contribution in [0.25, 0.3) is 0 Å². The van der Waals surface area contributed by atoms with Crippen LogP contribution in [0.2, 0.25) is 0 Å². The molecule has 1 fully saturated rings. The van der Waals surface area contributed by atoms with Crippen molar-refractivity contribution in [2.24, 2.45) is 0 Å². The molecule has 3 rings (SSSR count). The van der Waals surface area contributed by atoms with E-state index in [0.29, 0.717) is 5.69 Å². The summed E-state index contributed by atoms with van der Waals surface area (Å²) in [5, 5.41) is 0. The molecule has 27 heavy (non-hydrogen) atoms. The number of anilines is 1. The van der Waals surface area contributed by atoms with Gasteiger partial charge in [-0.2, -0.15) is 0 Å². The number of rotatable bonds is 9. The molecule has 8 heteroatoms. The molecule has 0 heterocycles. The van der Waals surface area contributed by atoms with Gasteiger partial charge in [-0.3, -0.25) is 4.72 Å². The molecule has 1 aliphatic carbocycles. The minimum atomic E-state index is -3.78. The van der Waals surface area contributed by atoms with Gasteiger partial charge in [-0.25, -0.2) is 21.6 Å². The number of nitrogens with one attached hydrogen (secondary N) is 2. The highest BCUT2D eigenvalue weighted by atomic mass is 32.2. The Morgan fingerprint density at radius 3 is 1.93 bits per heavy atom. The van der Waals surface area contributed by atoms with Gasteiger partial charge in [0.25, 0.3) is 10.0 Å². The van der Waals surface area contributed by atoms with Crippen molar-refractivity contribution in [1.82, 2.24) is 4.72 Å². The van der Waals surface area contributed by atoms with E-state index in [-0.39, 0.29) is 15.8 Å². The number of hydrogen-bond donors (Lipinski definition) is 2. The van der Waals surface area contributed by atoms with Crippen molar-refractivity contribution < 1.29 is 16.8 Å². The Morgan fingerprint density at radius 2 is 1.41 bits per heavy atom. The zero-order valence-corrected chi connectivity index (χ0v) is 16.8. The van der Waals surface area contributed by atoms with E-state index in [1.54, 1.807) is 12.1 Å². The lowest BCUT2D eigenvalue weighted by molar-refractivity contribution is 0.580. The molecule has 0 spiro atoms. The second-order valence-electron chi connectivity index (χ2n) is 6.77. The van der Waals surface area contributed by atoms with E-state index in [4.69, 9.17) is 0 Å². The normalized spacial score (nSPS) is 14.9. The molecule has 0 bridgehead atoms. The number of unbranched alkanes of at least 4 members (excludes halogenated alkanes) is 1. The van der Waals surface area contributed by atoms with E-state index in [1.165, 1.54) is 24.3 Å². The summed E-state index contributed by atoms with van der Waals surface area (Å²) in [4.78, 5) is 0.0801. The van der Waals surface area contributed by atoms with Crippen LogP contribution in [0.3, 0.4) is 0 Å². The van der Waals surface area contributed by atoms with Crippen molar-refractivity contribution in [3.05, 3.63) is 54.1 Å². The summed E-state index contributed by atoms with van der Waals surface area (Å²) in [6.07, 6.45) is 4.85. The van der Waals surface area contributed by atoms with E-state index >= 15 is 0 Å².